The van der Waals surface area contributed by atoms with E-state index in [1.165, 1.54) is 0 Å². The molecule has 1 aromatic carbocycles. The lowest BCUT2D eigenvalue weighted by molar-refractivity contribution is -0.159. The van der Waals surface area contributed by atoms with Crippen molar-refractivity contribution in [1.82, 2.24) is 14.8 Å². The van der Waals surface area contributed by atoms with Crippen molar-refractivity contribution >= 4 is 7.52 Å². The molecule has 2 rings (SSSR count). The van der Waals surface area contributed by atoms with Crippen molar-refractivity contribution in [3.05, 3.63) is 35.7 Å². The Kier molecular flexibility index (Phi) is 7.16. The van der Waals surface area contributed by atoms with Crippen LogP contribution in [0.4, 0.5) is 13.2 Å². The lowest BCUT2D eigenvalue weighted by atomic mass is 10.1. The van der Waals surface area contributed by atoms with E-state index in [-0.39, 0.29) is 18.6 Å². The zero-order valence-corrected chi connectivity index (χ0v) is 16.1. The SMILES string of the molecule is CCOP(=O)(Cc1ccc(-c2noc(C(F)(F)F)n2)cc1)N(C)CCOC. The minimum Gasteiger partial charge on any atom is -0.383 e. The van der Waals surface area contributed by atoms with Crippen molar-refractivity contribution in [2.45, 2.75) is 19.3 Å². The van der Waals surface area contributed by atoms with Crippen LogP contribution in [0.3, 0.4) is 0 Å². The van der Waals surface area contributed by atoms with E-state index < -0.39 is 19.6 Å². The first-order valence-corrected chi connectivity index (χ1v) is 9.90. The Morgan fingerprint density at radius 2 is 1.93 bits per heavy atom. The molecule has 1 aromatic heterocycles. The van der Waals surface area contributed by atoms with Crippen LogP contribution < -0.4 is 0 Å². The smallest absolute Gasteiger partial charge is 0.383 e. The molecule has 0 fully saturated rings. The van der Waals surface area contributed by atoms with Gasteiger partial charge in [-0.3, -0.25) is 4.57 Å². The fourth-order valence-corrected chi connectivity index (χ4v) is 4.28. The summed E-state index contributed by atoms with van der Waals surface area (Å²) in [5, 5.41) is 3.34. The van der Waals surface area contributed by atoms with Gasteiger partial charge in [0.25, 0.3) is 7.52 Å². The number of benzene rings is 1. The second-order valence-electron chi connectivity index (χ2n) is 5.71. The predicted molar refractivity (Wildman–Crippen MR) is 92.2 cm³/mol. The standard InChI is InChI=1S/C16H21F3N3O4P/c1-4-25-27(23,22(2)9-10-24-3)11-12-5-7-13(8-6-12)14-20-15(26-21-14)16(17,18)19/h5-8H,4,9-11H2,1-3H3. The highest BCUT2D eigenvalue weighted by Gasteiger charge is 2.38. The van der Waals surface area contributed by atoms with Gasteiger partial charge in [0.2, 0.25) is 5.82 Å². The maximum atomic E-state index is 13.1. The maximum Gasteiger partial charge on any atom is 0.471 e. The van der Waals surface area contributed by atoms with Crippen molar-refractivity contribution in [2.24, 2.45) is 0 Å². The van der Waals surface area contributed by atoms with E-state index in [1.807, 2.05) is 0 Å². The van der Waals surface area contributed by atoms with E-state index in [2.05, 4.69) is 14.7 Å². The molecule has 0 saturated heterocycles. The zero-order valence-electron chi connectivity index (χ0n) is 15.2. The third kappa shape index (κ3) is 5.62. The van der Waals surface area contributed by atoms with Crippen molar-refractivity contribution in [3.8, 4) is 11.4 Å². The van der Waals surface area contributed by atoms with Gasteiger partial charge in [0, 0.05) is 19.2 Å². The molecule has 2 aromatic rings. The van der Waals surface area contributed by atoms with Crippen LogP contribution in [0.25, 0.3) is 11.4 Å². The first kappa shape index (κ1) is 21.6. The molecule has 0 N–H and O–H groups in total. The number of methoxy groups -OCH3 is 1. The predicted octanol–water partition coefficient (Wildman–Crippen LogP) is 4.06. The van der Waals surface area contributed by atoms with Gasteiger partial charge in [-0.15, -0.1) is 0 Å². The summed E-state index contributed by atoms with van der Waals surface area (Å²) in [6.07, 6.45) is -4.54. The normalized spacial score (nSPS) is 14.5. The van der Waals surface area contributed by atoms with Gasteiger partial charge in [0.05, 0.1) is 19.4 Å². The first-order chi connectivity index (χ1) is 12.7. The molecule has 0 amide bonds. The summed E-state index contributed by atoms with van der Waals surface area (Å²) in [6.45, 7) is 2.89. The maximum absolute atomic E-state index is 13.1. The second-order valence-corrected chi connectivity index (χ2v) is 8.24. The summed E-state index contributed by atoms with van der Waals surface area (Å²) in [5.74, 6) is -1.57. The van der Waals surface area contributed by atoms with Gasteiger partial charge in [-0.2, -0.15) is 18.2 Å². The molecule has 11 heteroatoms. The molecular formula is C16H21F3N3O4P. The summed E-state index contributed by atoms with van der Waals surface area (Å²) >= 11 is 0. The third-order valence-corrected chi connectivity index (χ3v) is 6.40. The van der Waals surface area contributed by atoms with E-state index in [9.17, 15) is 17.7 Å². The minimum absolute atomic E-state index is 0.154. The Balaban J connectivity index is 2.15. The summed E-state index contributed by atoms with van der Waals surface area (Å²) in [6, 6.07) is 6.39. The van der Waals surface area contributed by atoms with Crippen LogP contribution in [-0.2, 0) is 26.2 Å². The lowest BCUT2D eigenvalue weighted by Gasteiger charge is -2.27. The van der Waals surface area contributed by atoms with E-state index in [4.69, 9.17) is 9.26 Å². The van der Waals surface area contributed by atoms with Crippen LogP contribution in [0.2, 0.25) is 0 Å². The molecule has 7 nitrogen and oxygen atoms in total. The molecular weight excluding hydrogens is 386 g/mol. The van der Waals surface area contributed by atoms with Crippen LogP contribution >= 0.6 is 7.52 Å². The Bertz CT molecular complexity index is 780. The molecule has 1 unspecified atom stereocenters. The molecule has 0 aliphatic heterocycles. The molecule has 0 radical (unpaired) electrons. The molecule has 150 valence electrons. The van der Waals surface area contributed by atoms with Crippen molar-refractivity contribution in [3.63, 3.8) is 0 Å². The molecule has 1 heterocycles. The molecule has 0 saturated carbocycles. The van der Waals surface area contributed by atoms with Crippen LogP contribution in [0.15, 0.2) is 28.8 Å². The van der Waals surface area contributed by atoms with Crippen molar-refractivity contribution in [2.75, 3.05) is 33.9 Å². The number of aromatic nitrogens is 2. The minimum atomic E-state index is -4.69. The largest absolute Gasteiger partial charge is 0.471 e. The zero-order chi connectivity index (χ0) is 20.1. The monoisotopic (exact) mass is 407 g/mol. The van der Waals surface area contributed by atoms with Gasteiger partial charge in [-0.05, 0) is 19.5 Å². The highest BCUT2D eigenvalue weighted by molar-refractivity contribution is 7.55. The van der Waals surface area contributed by atoms with Crippen LogP contribution in [0.1, 0.15) is 18.4 Å². The van der Waals surface area contributed by atoms with E-state index in [0.29, 0.717) is 24.3 Å². The summed E-state index contributed by atoms with van der Waals surface area (Å²) < 4.78 is 67.2. The Morgan fingerprint density at radius 1 is 1.26 bits per heavy atom. The summed E-state index contributed by atoms with van der Waals surface area (Å²) in [5.41, 5.74) is 1.07. The molecule has 0 spiro atoms. The van der Waals surface area contributed by atoms with Crippen molar-refractivity contribution < 1.29 is 31.5 Å². The number of nitrogens with zero attached hydrogens (tertiary/aromatic N) is 3. The summed E-state index contributed by atoms with van der Waals surface area (Å²) in [7, 11) is 0.140. The number of hydrogen-bond donors (Lipinski definition) is 0. The average Bonchev–Trinajstić information content (AvgIpc) is 3.11. The molecule has 27 heavy (non-hydrogen) atoms. The van der Waals surface area contributed by atoms with Crippen LogP contribution in [0, 0.1) is 0 Å². The molecule has 0 aliphatic carbocycles. The van der Waals surface area contributed by atoms with E-state index in [1.54, 1.807) is 50.0 Å². The molecule has 1 atom stereocenters. The highest BCUT2D eigenvalue weighted by Crippen LogP contribution is 2.52. The van der Waals surface area contributed by atoms with Gasteiger partial charge in [0.1, 0.15) is 0 Å². The third-order valence-electron chi connectivity index (χ3n) is 3.73. The van der Waals surface area contributed by atoms with Gasteiger partial charge >= 0.3 is 12.1 Å². The highest BCUT2D eigenvalue weighted by atomic mass is 31.2. The Labute approximate surface area is 155 Å². The van der Waals surface area contributed by atoms with Crippen LogP contribution in [0.5, 0.6) is 0 Å². The Hall–Kier alpha value is -1.74. The number of halogens is 3. The number of alkyl halides is 3. The topological polar surface area (TPSA) is 77.7 Å². The van der Waals surface area contributed by atoms with Gasteiger partial charge in [0.15, 0.2) is 0 Å². The Morgan fingerprint density at radius 3 is 2.44 bits per heavy atom. The average molecular weight is 407 g/mol. The van der Waals surface area contributed by atoms with Gasteiger partial charge < -0.3 is 13.8 Å². The lowest BCUT2D eigenvalue weighted by Crippen LogP contribution is -2.22. The second kappa shape index (κ2) is 8.97. The number of rotatable bonds is 9. The van der Waals surface area contributed by atoms with E-state index >= 15 is 0 Å². The van der Waals surface area contributed by atoms with Crippen LogP contribution in [-0.4, -0.2) is 48.7 Å². The first-order valence-electron chi connectivity index (χ1n) is 8.14. The quantitative estimate of drug-likeness (QED) is 0.580. The summed E-state index contributed by atoms with van der Waals surface area (Å²) in [4.78, 5) is 3.34. The molecule has 0 bridgehead atoms. The molecule has 0 aliphatic rings. The van der Waals surface area contributed by atoms with Gasteiger partial charge in [-0.25, -0.2) is 4.67 Å². The van der Waals surface area contributed by atoms with Crippen molar-refractivity contribution in [1.29, 1.82) is 0 Å². The number of hydrogen-bond acceptors (Lipinski definition) is 6. The van der Waals surface area contributed by atoms with E-state index in [0.717, 1.165) is 0 Å². The fraction of sp³-hybridized carbons (Fsp3) is 0.500. The number of likely N-dealkylation sites (N-methyl/N-ethyl adjacent to an activating group) is 1. The van der Waals surface area contributed by atoms with Gasteiger partial charge in [-0.1, -0.05) is 29.4 Å². The fourth-order valence-electron chi connectivity index (χ4n) is 2.29. The number of ether oxygens (including phenoxy) is 1.